The van der Waals surface area contributed by atoms with E-state index >= 15 is 0 Å². The van der Waals surface area contributed by atoms with Crippen molar-refractivity contribution in [1.29, 1.82) is 0 Å². The molecule has 5 nitrogen and oxygen atoms in total. The Morgan fingerprint density at radius 2 is 1.95 bits per heavy atom. The summed E-state index contributed by atoms with van der Waals surface area (Å²) < 4.78 is 0. The Bertz CT molecular complexity index is 566. The number of rotatable bonds is 2. The number of carboxylic acid groups (broad SMARTS) is 1. The first-order chi connectivity index (χ1) is 9.25. The number of carboxylic acids is 1. The Morgan fingerprint density at radius 3 is 2.55 bits per heavy atom. The average Bonchev–Trinajstić information content (AvgIpc) is 2.35. The third-order valence-corrected chi connectivity index (χ3v) is 3.88. The van der Waals surface area contributed by atoms with E-state index < -0.39 is 11.5 Å². The van der Waals surface area contributed by atoms with Crippen LogP contribution in [0.3, 0.4) is 0 Å². The number of benzene rings is 1. The van der Waals surface area contributed by atoms with Crippen LogP contribution in [0.1, 0.15) is 29.8 Å². The van der Waals surface area contributed by atoms with E-state index in [9.17, 15) is 14.7 Å². The molecule has 1 fully saturated rings. The van der Waals surface area contributed by atoms with Gasteiger partial charge in [0.15, 0.2) is 0 Å². The minimum Gasteiger partial charge on any atom is -0.478 e. The normalized spacial score (nSPS) is 18.3. The van der Waals surface area contributed by atoms with Gasteiger partial charge in [-0.25, -0.2) is 4.79 Å². The molecular formula is C15H20N2O3. The molecule has 0 spiro atoms. The van der Waals surface area contributed by atoms with Crippen molar-refractivity contribution in [3.63, 3.8) is 0 Å². The summed E-state index contributed by atoms with van der Waals surface area (Å²) in [6, 6.07) is 5.22. The molecule has 1 aliphatic rings. The van der Waals surface area contributed by atoms with Crippen LogP contribution in [0.2, 0.25) is 0 Å². The lowest BCUT2D eigenvalue weighted by atomic mass is 9.95. The van der Waals surface area contributed by atoms with Crippen LogP contribution in [0.5, 0.6) is 0 Å². The van der Waals surface area contributed by atoms with Crippen LogP contribution in [-0.2, 0) is 4.79 Å². The molecule has 1 saturated heterocycles. The van der Waals surface area contributed by atoms with E-state index in [1.807, 2.05) is 31.7 Å². The summed E-state index contributed by atoms with van der Waals surface area (Å²) in [6.07, 6.45) is 0. The first-order valence-electron chi connectivity index (χ1n) is 6.62. The molecule has 0 saturated carbocycles. The maximum Gasteiger partial charge on any atom is 0.337 e. The van der Waals surface area contributed by atoms with Crippen molar-refractivity contribution in [2.45, 2.75) is 26.3 Å². The van der Waals surface area contributed by atoms with Gasteiger partial charge < -0.3 is 14.9 Å². The molecule has 0 aliphatic carbocycles. The van der Waals surface area contributed by atoms with Gasteiger partial charge in [0.1, 0.15) is 5.54 Å². The predicted octanol–water partition coefficient (Wildman–Crippen LogP) is 1.75. The number of piperazine rings is 1. The molecule has 0 aromatic heterocycles. The summed E-state index contributed by atoms with van der Waals surface area (Å²) in [6.45, 7) is 6.80. The van der Waals surface area contributed by atoms with Gasteiger partial charge in [-0.1, -0.05) is 6.07 Å². The zero-order valence-corrected chi connectivity index (χ0v) is 12.3. The van der Waals surface area contributed by atoms with E-state index in [1.54, 1.807) is 24.1 Å². The van der Waals surface area contributed by atoms with Crippen molar-refractivity contribution >= 4 is 17.6 Å². The van der Waals surface area contributed by atoms with Gasteiger partial charge in [-0.2, -0.15) is 0 Å². The number of anilines is 1. The van der Waals surface area contributed by atoms with Gasteiger partial charge >= 0.3 is 5.97 Å². The zero-order valence-electron chi connectivity index (χ0n) is 12.3. The van der Waals surface area contributed by atoms with E-state index in [0.717, 1.165) is 5.56 Å². The van der Waals surface area contributed by atoms with Crippen LogP contribution in [0.4, 0.5) is 5.69 Å². The summed E-state index contributed by atoms with van der Waals surface area (Å²) in [4.78, 5) is 27.3. The van der Waals surface area contributed by atoms with Crippen molar-refractivity contribution in [1.82, 2.24) is 4.90 Å². The average molecular weight is 276 g/mol. The van der Waals surface area contributed by atoms with E-state index in [1.165, 1.54) is 0 Å². The number of carbonyl (C=O) groups is 2. The van der Waals surface area contributed by atoms with Crippen LogP contribution in [0.15, 0.2) is 18.2 Å². The van der Waals surface area contributed by atoms with E-state index in [0.29, 0.717) is 18.8 Å². The van der Waals surface area contributed by atoms with Gasteiger partial charge in [0.05, 0.1) is 11.3 Å². The second-order valence-corrected chi connectivity index (χ2v) is 5.76. The lowest BCUT2D eigenvalue weighted by Crippen LogP contribution is -2.62. The van der Waals surface area contributed by atoms with Gasteiger partial charge in [0, 0.05) is 20.1 Å². The summed E-state index contributed by atoms with van der Waals surface area (Å²) >= 11 is 0. The smallest absolute Gasteiger partial charge is 0.337 e. The first-order valence-corrected chi connectivity index (χ1v) is 6.62. The van der Waals surface area contributed by atoms with Crippen molar-refractivity contribution < 1.29 is 14.7 Å². The Hall–Kier alpha value is -2.04. The van der Waals surface area contributed by atoms with Gasteiger partial charge in [-0.15, -0.1) is 0 Å². The van der Waals surface area contributed by atoms with Crippen LogP contribution < -0.4 is 4.90 Å². The first kappa shape index (κ1) is 14.4. The second-order valence-electron chi connectivity index (χ2n) is 5.76. The lowest BCUT2D eigenvalue weighted by molar-refractivity contribution is -0.136. The maximum atomic E-state index is 12.3. The SMILES string of the molecule is Cc1ccc(C(=O)O)c(N2CCN(C)C(=O)C2(C)C)c1. The molecule has 0 radical (unpaired) electrons. The van der Waals surface area contributed by atoms with Crippen molar-refractivity contribution in [3.05, 3.63) is 29.3 Å². The minimum atomic E-state index is -0.970. The number of hydrogen-bond donors (Lipinski definition) is 1. The van der Waals surface area contributed by atoms with Crippen molar-refractivity contribution in [2.75, 3.05) is 25.0 Å². The molecule has 1 N–H and O–H groups in total. The van der Waals surface area contributed by atoms with Crippen LogP contribution in [0.25, 0.3) is 0 Å². The second kappa shape index (κ2) is 4.81. The highest BCUT2D eigenvalue weighted by molar-refractivity contribution is 5.97. The highest BCUT2D eigenvalue weighted by atomic mass is 16.4. The van der Waals surface area contributed by atoms with Crippen molar-refractivity contribution in [2.24, 2.45) is 0 Å². The molecule has 1 aliphatic heterocycles. The summed E-state index contributed by atoms with van der Waals surface area (Å²) in [5, 5.41) is 9.35. The number of carbonyl (C=O) groups excluding carboxylic acids is 1. The van der Waals surface area contributed by atoms with E-state index in [-0.39, 0.29) is 11.5 Å². The minimum absolute atomic E-state index is 0.00148. The number of aromatic carboxylic acids is 1. The van der Waals surface area contributed by atoms with Crippen LogP contribution >= 0.6 is 0 Å². The number of aryl methyl sites for hydroxylation is 1. The van der Waals surface area contributed by atoms with Gasteiger partial charge in [-0.3, -0.25) is 4.79 Å². The Labute approximate surface area is 118 Å². The number of likely N-dealkylation sites (N-methyl/N-ethyl adjacent to an activating group) is 1. The molecule has 5 heteroatoms. The van der Waals surface area contributed by atoms with Crippen LogP contribution in [0, 0.1) is 6.92 Å². The van der Waals surface area contributed by atoms with E-state index in [2.05, 4.69) is 0 Å². The lowest BCUT2D eigenvalue weighted by Gasteiger charge is -2.46. The molecule has 1 heterocycles. The highest BCUT2D eigenvalue weighted by Gasteiger charge is 2.41. The topological polar surface area (TPSA) is 60.9 Å². The fraction of sp³-hybridized carbons (Fsp3) is 0.467. The molecule has 0 bridgehead atoms. The largest absolute Gasteiger partial charge is 0.478 e. The third kappa shape index (κ3) is 2.24. The monoisotopic (exact) mass is 276 g/mol. The van der Waals surface area contributed by atoms with Gasteiger partial charge in [0.2, 0.25) is 5.91 Å². The van der Waals surface area contributed by atoms with Gasteiger partial charge in [0.25, 0.3) is 0 Å². The number of hydrogen-bond acceptors (Lipinski definition) is 3. The maximum absolute atomic E-state index is 12.3. The van der Waals surface area contributed by atoms with Gasteiger partial charge in [-0.05, 0) is 38.5 Å². The highest BCUT2D eigenvalue weighted by Crippen LogP contribution is 2.32. The summed E-state index contributed by atoms with van der Waals surface area (Å²) in [5.41, 5.74) is 1.09. The number of amides is 1. The quantitative estimate of drug-likeness (QED) is 0.894. The molecule has 1 amide bonds. The fourth-order valence-electron chi connectivity index (χ4n) is 2.68. The molecule has 108 valence electrons. The molecule has 20 heavy (non-hydrogen) atoms. The number of nitrogens with zero attached hydrogens (tertiary/aromatic N) is 2. The van der Waals surface area contributed by atoms with Crippen LogP contribution in [-0.4, -0.2) is 47.6 Å². The molecule has 0 atom stereocenters. The van der Waals surface area contributed by atoms with Crippen molar-refractivity contribution in [3.8, 4) is 0 Å². The molecule has 0 unspecified atom stereocenters. The molecule has 2 rings (SSSR count). The third-order valence-electron chi connectivity index (χ3n) is 3.88. The molecule has 1 aromatic rings. The standard InChI is InChI=1S/C15H20N2O3/c1-10-5-6-11(13(18)19)12(9-10)17-8-7-16(4)14(20)15(17,2)3/h5-6,9H,7-8H2,1-4H3,(H,18,19). The Kier molecular flexibility index (Phi) is 3.46. The molecule has 1 aromatic carbocycles. The van der Waals surface area contributed by atoms with E-state index in [4.69, 9.17) is 0 Å². The summed E-state index contributed by atoms with van der Waals surface area (Å²) in [5.74, 6) is -0.969. The Balaban J connectivity index is 2.53. The fourth-order valence-corrected chi connectivity index (χ4v) is 2.68. The predicted molar refractivity (Wildman–Crippen MR) is 77.2 cm³/mol. The zero-order chi connectivity index (χ0) is 15.1. The molecular weight excluding hydrogens is 256 g/mol. The summed E-state index contributed by atoms with van der Waals surface area (Å²) in [7, 11) is 1.77. The Morgan fingerprint density at radius 1 is 1.30 bits per heavy atom.